The summed E-state index contributed by atoms with van der Waals surface area (Å²) >= 11 is 0. The molecule has 0 N–H and O–H groups in total. The van der Waals surface area contributed by atoms with E-state index < -0.39 is 0 Å². The van der Waals surface area contributed by atoms with Gasteiger partial charge in [0.15, 0.2) is 0 Å². The molecule has 0 aliphatic rings. The number of carbonyl (C=O) groups is 1. The van der Waals surface area contributed by atoms with E-state index in [2.05, 4.69) is 0 Å². The van der Waals surface area contributed by atoms with Gasteiger partial charge in [-0.2, -0.15) is 0 Å². The fourth-order valence-electron chi connectivity index (χ4n) is 1.87. The molecule has 0 unspecified atom stereocenters. The lowest BCUT2D eigenvalue weighted by atomic mass is 9.93. The number of esters is 1. The number of allylic oxidation sites excluding steroid dienone is 1. The van der Waals surface area contributed by atoms with Crippen LogP contribution in [-0.2, 0) is 9.53 Å². The van der Waals surface area contributed by atoms with Gasteiger partial charge in [0, 0.05) is 5.57 Å². The van der Waals surface area contributed by atoms with Gasteiger partial charge in [-0.15, -0.1) is 0 Å². The molecule has 0 heterocycles. The van der Waals surface area contributed by atoms with Crippen LogP contribution in [0.2, 0.25) is 0 Å². The predicted octanol–water partition coefficient (Wildman–Crippen LogP) is 3.68. The lowest BCUT2D eigenvalue weighted by molar-refractivity contribution is -0.138. The van der Waals surface area contributed by atoms with Gasteiger partial charge in [-0.25, -0.2) is 4.79 Å². The molecule has 1 aromatic rings. The highest BCUT2D eigenvalue weighted by Crippen LogP contribution is 2.24. The molecule has 0 atom stereocenters. The molecule has 1 rings (SSSR count). The van der Waals surface area contributed by atoms with Crippen molar-refractivity contribution in [3.8, 4) is 0 Å². The summed E-state index contributed by atoms with van der Waals surface area (Å²) in [6, 6.07) is 9.94. The predicted molar refractivity (Wildman–Crippen MR) is 70.5 cm³/mol. The van der Waals surface area contributed by atoms with Gasteiger partial charge in [0.25, 0.3) is 0 Å². The van der Waals surface area contributed by atoms with E-state index in [1.807, 2.05) is 58.0 Å². The molecule has 1 aromatic carbocycles. The van der Waals surface area contributed by atoms with E-state index in [1.54, 1.807) is 0 Å². The molecule has 0 spiro atoms. The smallest absolute Gasteiger partial charge is 0.334 e. The van der Waals surface area contributed by atoms with E-state index in [9.17, 15) is 4.79 Å². The molecule has 17 heavy (non-hydrogen) atoms. The molecular weight excluding hydrogens is 212 g/mol. The highest BCUT2D eigenvalue weighted by Gasteiger charge is 2.18. The van der Waals surface area contributed by atoms with E-state index in [1.165, 1.54) is 0 Å². The fraction of sp³-hybridized carbons (Fsp3) is 0.400. The molecule has 92 valence electrons. The molecule has 0 aliphatic carbocycles. The van der Waals surface area contributed by atoms with Crippen LogP contribution in [0, 0.1) is 5.92 Å². The molecule has 2 heteroatoms. The lowest BCUT2D eigenvalue weighted by Crippen LogP contribution is -2.14. The minimum Gasteiger partial charge on any atom is -0.463 e. The quantitative estimate of drug-likeness (QED) is 0.584. The van der Waals surface area contributed by atoms with Gasteiger partial charge in [-0.1, -0.05) is 44.2 Å². The van der Waals surface area contributed by atoms with Crippen LogP contribution in [0.3, 0.4) is 0 Å². The first-order valence-corrected chi connectivity index (χ1v) is 6.01. The normalized spacial score (nSPS) is 12.3. The summed E-state index contributed by atoms with van der Waals surface area (Å²) in [5.74, 6) is -0.0434. The zero-order valence-corrected chi connectivity index (χ0v) is 11.0. The molecule has 2 nitrogen and oxygen atoms in total. The molecule has 0 amide bonds. The highest BCUT2D eigenvalue weighted by molar-refractivity contribution is 5.97. The molecular formula is C15H20O2. The maximum atomic E-state index is 11.9. The monoisotopic (exact) mass is 232 g/mol. The third-order valence-electron chi connectivity index (χ3n) is 2.68. The Balaban J connectivity index is 3.16. The largest absolute Gasteiger partial charge is 0.463 e. The van der Waals surface area contributed by atoms with Crippen molar-refractivity contribution in [1.82, 2.24) is 0 Å². The van der Waals surface area contributed by atoms with Crippen LogP contribution in [0.25, 0.3) is 5.57 Å². The van der Waals surface area contributed by atoms with Gasteiger partial charge in [0.1, 0.15) is 0 Å². The molecule has 0 bridgehead atoms. The summed E-state index contributed by atoms with van der Waals surface area (Å²) in [7, 11) is 0. The van der Waals surface area contributed by atoms with Crippen LogP contribution in [0.15, 0.2) is 35.9 Å². The van der Waals surface area contributed by atoms with Crippen LogP contribution in [0.5, 0.6) is 0 Å². The van der Waals surface area contributed by atoms with Crippen LogP contribution in [-0.4, -0.2) is 12.6 Å². The van der Waals surface area contributed by atoms with E-state index in [0.29, 0.717) is 6.61 Å². The second-order valence-corrected chi connectivity index (χ2v) is 4.28. The number of benzene rings is 1. The topological polar surface area (TPSA) is 26.3 Å². The minimum atomic E-state index is -0.205. The number of carbonyl (C=O) groups excluding carboxylic acids is 1. The molecule has 0 saturated carbocycles. The zero-order chi connectivity index (χ0) is 12.8. The summed E-state index contributed by atoms with van der Waals surface area (Å²) in [5, 5.41) is 0. The number of rotatable bonds is 4. The van der Waals surface area contributed by atoms with Crippen molar-refractivity contribution < 1.29 is 9.53 Å². The second kappa shape index (κ2) is 6.24. The SMILES string of the molecule is CCOC(=O)/C(=C(/C)c1ccccc1)C(C)C. The Morgan fingerprint density at radius 1 is 1.24 bits per heavy atom. The number of hydrogen-bond acceptors (Lipinski definition) is 2. The van der Waals surface area contributed by atoms with Gasteiger partial charge in [-0.3, -0.25) is 0 Å². The Labute approximate surface area is 103 Å². The maximum Gasteiger partial charge on any atom is 0.334 e. The first-order chi connectivity index (χ1) is 8.07. The summed E-state index contributed by atoms with van der Waals surface area (Å²) in [5.41, 5.74) is 2.83. The molecule has 0 fully saturated rings. The molecule has 0 aromatic heterocycles. The second-order valence-electron chi connectivity index (χ2n) is 4.28. The Morgan fingerprint density at radius 3 is 2.29 bits per heavy atom. The van der Waals surface area contributed by atoms with Gasteiger partial charge in [-0.05, 0) is 30.9 Å². The van der Waals surface area contributed by atoms with Crippen LogP contribution in [0.4, 0.5) is 0 Å². The number of hydrogen-bond donors (Lipinski definition) is 0. The third-order valence-corrected chi connectivity index (χ3v) is 2.68. The van der Waals surface area contributed by atoms with Crippen molar-refractivity contribution in [2.45, 2.75) is 27.7 Å². The van der Waals surface area contributed by atoms with E-state index in [-0.39, 0.29) is 11.9 Å². The average Bonchev–Trinajstić information content (AvgIpc) is 2.30. The first kappa shape index (κ1) is 13.5. The van der Waals surface area contributed by atoms with Crippen molar-refractivity contribution in [2.24, 2.45) is 5.92 Å². The Kier molecular flexibility index (Phi) is 4.95. The fourth-order valence-corrected chi connectivity index (χ4v) is 1.87. The molecule has 0 aliphatic heterocycles. The zero-order valence-electron chi connectivity index (χ0n) is 11.0. The van der Waals surface area contributed by atoms with Crippen molar-refractivity contribution in [3.63, 3.8) is 0 Å². The van der Waals surface area contributed by atoms with Crippen LogP contribution >= 0.6 is 0 Å². The van der Waals surface area contributed by atoms with E-state index in [4.69, 9.17) is 4.74 Å². The van der Waals surface area contributed by atoms with Gasteiger partial charge < -0.3 is 4.74 Å². The summed E-state index contributed by atoms with van der Waals surface area (Å²) in [6.07, 6.45) is 0. The third kappa shape index (κ3) is 3.45. The Bertz CT molecular complexity index is 402. The summed E-state index contributed by atoms with van der Waals surface area (Å²) in [4.78, 5) is 11.9. The Morgan fingerprint density at radius 2 is 1.82 bits per heavy atom. The van der Waals surface area contributed by atoms with Gasteiger partial charge in [0.2, 0.25) is 0 Å². The standard InChI is InChI=1S/C15H20O2/c1-5-17-15(16)14(11(2)3)12(4)13-9-7-6-8-10-13/h6-11H,5H2,1-4H3/b14-12-. The Hall–Kier alpha value is -1.57. The average molecular weight is 232 g/mol. The van der Waals surface area contributed by atoms with Crippen molar-refractivity contribution in [2.75, 3.05) is 6.61 Å². The summed E-state index contributed by atoms with van der Waals surface area (Å²) < 4.78 is 5.11. The highest BCUT2D eigenvalue weighted by atomic mass is 16.5. The molecule has 0 radical (unpaired) electrons. The number of ether oxygens (including phenoxy) is 1. The van der Waals surface area contributed by atoms with Crippen LogP contribution < -0.4 is 0 Å². The van der Waals surface area contributed by atoms with Crippen LogP contribution in [0.1, 0.15) is 33.3 Å². The van der Waals surface area contributed by atoms with E-state index in [0.717, 1.165) is 16.7 Å². The minimum absolute atomic E-state index is 0.161. The van der Waals surface area contributed by atoms with Crippen molar-refractivity contribution in [3.05, 3.63) is 41.5 Å². The van der Waals surface area contributed by atoms with E-state index >= 15 is 0 Å². The van der Waals surface area contributed by atoms with Crippen molar-refractivity contribution in [1.29, 1.82) is 0 Å². The maximum absolute atomic E-state index is 11.9. The van der Waals surface area contributed by atoms with Crippen molar-refractivity contribution >= 4 is 11.5 Å². The molecule has 0 saturated heterocycles. The summed E-state index contributed by atoms with van der Waals surface area (Å²) in [6.45, 7) is 8.24. The first-order valence-electron chi connectivity index (χ1n) is 6.01. The van der Waals surface area contributed by atoms with Gasteiger partial charge >= 0.3 is 5.97 Å². The van der Waals surface area contributed by atoms with Gasteiger partial charge in [0.05, 0.1) is 6.61 Å². The lowest BCUT2D eigenvalue weighted by Gasteiger charge is -2.14.